The number of phenols is 1. The topological polar surface area (TPSA) is 76.0 Å². The number of carboxylic acid groups (broad SMARTS) is 1. The Morgan fingerprint density at radius 2 is 1.66 bits per heavy atom. The molecular formula is C45H66O5. The van der Waals surface area contributed by atoms with E-state index in [-0.39, 0.29) is 16.9 Å². The molecule has 0 aromatic heterocycles. The normalized spacial score (nSPS) is 36.1. The van der Waals surface area contributed by atoms with E-state index in [0.29, 0.717) is 59.0 Å². The number of benzene rings is 1. The summed E-state index contributed by atoms with van der Waals surface area (Å²) in [6, 6.07) is 7.42. The van der Waals surface area contributed by atoms with Gasteiger partial charge in [-0.3, -0.25) is 4.79 Å². The lowest BCUT2D eigenvalue weighted by molar-refractivity contribution is -0.206. The first-order chi connectivity index (χ1) is 23.5. The van der Waals surface area contributed by atoms with Gasteiger partial charge in [-0.1, -0.05) is 77.1 Å². The molecule has 8 atom stereocenters. The molecule has 50 heavy (non-hydrogen) atoms. The number of carbonyl (C=O) groups is 1. The molecule has 5 nitrogen and oxygen atoms in total. The molecule has 4 fully saturated rings. The second-order valence-corrected chi connectivity index (χ2v) is 19.3. The molecule has 0 spiro atoms. The minimum absolute atomic E-state index is 0.0265. The van der Waals surface area contributed by atoms with Crippen LogP contribution in [0, 0.1) is 56.7 Å². The summed E-state index contributed by atoms with van der Waals surface area (Å²) in [6.07, 6.45) is 14.0. The second kappa shape index (κ2) is 13.5. The van der Waals surface area contributed by atoms with Gasteiger partial charge in [0.2, 0.25) is 0 Å². The van der Waals surface area contributed by atoms with Crippen molar-refractivity contribution in [1.82, 2.24) is 0 Å². The molecule has 2 N–H and O–H groups in total. The molecule has 0 radical (unpaired) electrons. The summed E-state index contributed by atoms with van der Waals surface area (Å²) in [4.78, 5) is 11.9. The molecule has 5 aliphatic rings. The van der Waals surface area contributed by atoms with Gasteiger partial charge in [0.15, 0.2) is 0 Å². The fourth-order valence-electron chi connectivity index (χ4n) is 12.9. The molecular weight excluding hydrogens is 620 g/mol. The lowest BCUT2D eigenvalue weighted by Gasteiger charge is -2.69. The van der Waals surface area contributed by atoms with Crippen molar-refractivity contribution in [3.05, 3.63) is 59.0 Å². The number of ether oxygens (including phenoxy) is 2. The molecule has 276 valence electrons. The van der Waals surface area contributed by atoms with Crippen molar-refractivity contribution >= 4 is 5.97 Å². The van der Waals surface area contributed by atoms with Crippen LogP contribution < -0.4 is 0 Å². The monoisotopic (exact) mass is 686 g/mol. The molecule has 0 heterocycles. The highest BCUT2D eigenvalue weighted by molar-refractivity contribution is 5.73. The SMILES string of the molecule is C=C=C(CC(C)(C)C(=O)O)OC1CCC2(C)C(CCC3(C)C4CCC5(CCOCc6ccc(O)cc6)CCC(C(C)C)=C5C4CCC32)C1(C)C. The van der Waals surface area contributed by atoms with Gasteiger partial charge in [0.05, 0.1) is 12.0 Å². The predicted octanol–water partition coefficient (Wildman–Crippen LogP) is 11.3. The Morgan fingerprint density at radius 1 is 0.960 bits per heavy atom. The summed E-state index contributed by atoms with van der Waals surface area (Å²) in [7, 11) is 0. The highest BCUT2D eigenvalue weighted by Crippen LogP contribution is 2.73. The summed E-state index contributed by atoms with van der Waals surface area (Å²) < 4.78 is 13.0. The van der Waals surface area contributed by atoms with Crippen molar-refractivity contribution in [3.8, 4) is 5.75 Å². The molecule has 5 aliphatic carbocycles. The number of phenolic OH excluding ortho intramolecular Hbond substituents is 1. The molecule has 0 amide bonds. The van der Waals surface area contributed by atoms with Gasteiger partial charge < -0.3 is 19.7 Å². The van der Waals surface area contributed by atoms with E-state index < -0.39 is 11.4 Å². The zero-order valence-corrected chi connectivity index (χ0v) is 32.5. The van der Waals surface area contributed by atoms with E-state index in [4.69, 9.17) is 9.47 Å². The zero-order valence-electron chi connectivity index (χ0n) is 32.5. The number of aromatic hydroxyl groups is 1. The van der Waals surface area contributed by atoms with Crippen molar-refractivity contribution in [2.24, 2.45) is 56.7 Å². The predicted molar refractivity (Wildman–Crippen MR) is 200 cm³/mol. The minimum Gasteiger partial charge on any atom is -0.508 e. The van der Waals surface area contributed by atoms with Crippen LogP contribution in [-0.4, -0.2) is 28.9 Å². The van der Waals surface area contributed by atoms with Crippen LogP contribution in [0.15, 0.2) is 53.5 Å². The van der Waals surface area contributed by atoms with Gasteiger partial charge >= 0.3 is 5.97 Å². The summed E-state index contributed by atoms with van der Waals surface area (Å²) >= 11 is 0. The first-order valence-electron chi connectivity index (χ1n) is 19.9. The average molecular weight is 687 g/mol. The molecule has 1 aromatic carbocycles. The third-order valence-corrected chi connectivity index (χ3v) is 15.5. The van der Waals surface area contributed by atoms with Gasteiger partial charge in [-0.15, -0.1) is 0 Å². The number of rotatable bonds is 11. The van der Waals surface area contributed by atoms with Crippen molar-refractivity contribution in [3.63, 3.8) is 0 Å². The molecule has 1 aromatic rings. The Labute approximate surface area is 303 Å². The fourth-order valence-corrected chi connectivity index (χ4v) is 12.9. The molecule has 4 saturated carbocycles. The number of carboxylic acids is 1. The molecule has 8 unspecified atom stereocenters. The Bertz CT molecular complexity index is 1510. The third-order valence-electron chi connectivity index (χ3n) is 15.5. The van der Waals surface area contributed by atoms with Crippen molar-refractivity contribution in [2.75, 3.05) is 6.61 Å². The molecule has 0 saturated heterocycles. The minimum atomic E-state index is -0.915. The quantitative estimate of drug-likeness (QED) is 0.105. The van der Waals surface area contributed by atoms with E-state index in [1.807, 2.05) is 17.7 Å². The van der Waals surface area contributed by atoms with E-state index in [1.165, 1.54) is 57.8 Å². The number of hydrogen-bond donors (Lipinski definition) is 2. The smallest absolute Gasteiger partial charge is 0.309 e. The summed E-state index contributed by atoms with van der Waals surface area (Å²) in [5, 5.41) is 19.4. The Balaban J connectivity index is 1.19. The van der Waals surface area contributed by atoms with Crippen LogP contribution in [0.3, 0.4) is 0 Å². The van der Waals surface area contributed by atoms with E-state index in [9.17, 15) is 15.0 Å². The van der Waals surface area contributed by atoms with Crippen LogP contribution in [0.4, 0.5) is 0 Å². The Morgan fingerprint density at radius 3 is 2.32 bits per heavy atom. The molecule has 0 aliphatic heterocycles. The maximum Gasteiger partial charge on any atom is 0.309 e. The van der Waals surface area contributed by atoms with Gasteiger partial charge in [0.25, 0.3) is 0 Å². The van der Waals surface area contributed by atoms with Crippen molar-refractivity contribution in [2.45, 2.75) is 145 Å². The molecule has 6 rings (SSSR count). The van der Waals surface area contributed by atoms with E-state index in [0.717, 1.165) is 30.9 Å². The maximum atomic E-state index is 11.9. The first-order valence-corrected chi connectivity index (χ1v) is 19.9. The van der Waals surface area contributed by atoms with E-state index in [2.05, 4.69) is 53.9 Å². The van der Waals surface area contributed by atoms with Crippen LogP contribution in [0.5, 0.6) is 5.75 Å². The van der Waals surface area contributed by atoms with Crippen LogP contribution in [-0.2, 0) is 20.9 Å². The third kappa shape index (κ3) is 6.31. The van der Waals surface area contributed by atoms with Gasteiger partial charge in [-0.2, -0.15) is 0 Å². The van der Waals surface area contributed by atoms with E-state index in [1.54, 1.807) is 31.6 Å². The van der Waals surface area contributed by atoms with Gasteiger partial charge in [0.1, 0.15) is 17.6 Å². The maximum absolute atomic E-state index is 11.9. The summed E-state index contributed by atoms with van der Waals surface area (Å²) in [5.41, 5.74) is 7.70. The zero-order chi connectivity index (χ0) is 36.3. The van der Waals surface area contributed by atoms with Crippen molar-refractivity contribution < 1.29 is 24.5 Å². The van der Waals surface area contributed by atoms with Crippen LogP contribution >= 0.6 is 0 Å². The largest absolute Gasteiger partial charge is 0.508 e. The molecule has 5 heteroatoms. The van der Waals surface area contributed by atoms with Gasteiger partial charge in [0, 0.05) is 18.4 Å². The number of fused-ring (bicyclic) bond motifs is 7. The lowest BCUT2D eigenvalue weighted by Crippen LogP contribution is -2.62. The summed E-state index contributed by atoms with van der Waals surface area (Å²) in [5.74, 6) is 3.41. The highest BCUT2D eigenvalue weighted by atomic mass is 16.5. The van der Waals surface area contributed by atoms with Crippen LogP contribution in [0.1, 0.15) is 138 Å². The summed E-state index contributed by atoms with van der Waals surface area (Å²) in [6.45, 7) is 23.9. The van der Waals surface area contributed by atoms with Gasteiger partial charge in [-0.25, -0.2) is 0 Å². The second-order valence-electron chi connectivity index (χ2n) is 19.3. The number of allylic oxidation sites excluding steroid dienone is 3. The Hall–Kier alpha value is -2.49. The fraction of sp³-hybridized carbons (Fsp3) is 0.733. The van der Waals surface area contributed by atoms with E-state index >= 15 is 0 Å². The average Bonchev–Trinajstić information content (AvgIpc) is 3.45. The standard InChI is InChI=1S/C45H66O5/c1-10-32(27-41(4,5)40(47)48)50-38-20-22-44(9)36(42(38,6)7)19-21-43(8)35-18-24-45(25-26-49-28-30-11-13-31(46)14-12-30)23-17-33(29(2)3)39(45)34(35)15-16-37(43)44/h11-14,29,34-38,46H,1,15-28H2,2-9H3,(H,47,48). The van der Waals surface area contributed by atoms with Gasteiger partial charge in [-0.05, 0) is 148 Å². The van der Waals surface area contributed by atoms with Crippen LogP contribution in [0.25, 0.3) is 0 Å². The number of hydrogen-bond acceptors (Lipinski definition) is 4. The lowest BCUT2D eigenvalue weighted by atomic mass is 9.36. The number of aliphatic carboxylic acids is 1. The first kappa shape index (κ1) is 37.3. The highest BCUT2D eigenvalue weighted by Gasteiger charge is 2.66. The molecule has 0 bridgehead atoms. The van der Waals surface area contributed by atoms with Crippen molar-refractivity contribution in [1.29, 1.82) is 0 Å². The Kier molecular flexibility index (Phi) is 10.1. The van der Waals surface area contributed by atoms with Crippen LogP contribution in [0.2, 0.25) is 0 Å².